The van der Waals surface area contributed by atoms with Gasteiger partial charge in [-0.3, -0.25) is 4.90 Å². The number of halogens is 2. The Morgan fingerprint density at radius 1 is 1.00 bits per heavy atom. The van der Waals surface area contributed by atoms with Gasteiger partial charge < -0.3 is 14.4 Å². The minimum atomic E-state index is 0.312. The van der Waals surface area contributed by atoms with E-state index in [1.54, 1.807) is 24.3 Å². The first-order valence-electron chi connectivity index (χ1n) is 8.63. The third kappa shape index (κ3) is 4.03. The zero-order valence-electron chi connectivity index (χ0n) is 14.5. The van der Waals surface area contributed by atoms with Crippen LogP contribution in [0.25, 0.3) is 11.5 Å². The van der Waals surface area contributed by atoms with Gasteiger partial charge in [-0.15, -0.1) is 10.2 Å². The van der Waals surface area contributed by atoms with Crippen LogP contribution in [0.3, 0.4) is 0 Å². The molecule has 0 radical (unpaired) electrons. The summed E-state index contributed by atoms with van der Waals surface area (Å²) in [4.78, 5) is 4.43. The summed E-state index contributed by atoms with van der Waals surface area (Å²) < 4.78 is 5.78. The van der Waals surface area contributed by atoms with Crippen LogP contribution in [0, 0.1) is 0 Å². The molecule has 2 heterocycles. The molecule has 1 aliphatic rings. The van der Waals surface area contributed by atoms with Crippen LogP contribution in [-0.2, 0) is 6.54 Å². The first kappa shape index (κ1) is 18.1. The molecule has 1 saturated heterocycles. The number of hydrogen-bond acceptors (Lipinski definition) is 6. The van der Waals surface area contributed by atoms with Gasteiger partial charge in [-0.25, -0.2) is 0 Å². The van der Waals surface area contributed by atoms with E-state index in [4.69, 9.17) is 27.6 Å². The zero-order chi connectivity index (χ0) is 18.8. The summed E-state index contributed by atoms with van der Waals surface area (Å²) >= 11 is 12.1. The number of nitrogens with zero attached hydrogens (tertiary/aromatic N) is 4. The number of phenols is 1. The van der Waals surface area contributed by atoms with Gasteiger partial charge >= 0.3 is 0 Å². The highest BCUT2D eigenvalue weighted by atomic mass is 35.5. The quantitative estimate of drug-likeness (QED) is 0.706. The minimum Gasteiger partial charge on any atom is -0.506 e. The van der Waals surface area contributed by atoms with E-state index >= 15 is 0 Å². The third-order valence-electron chi connectivity index (χ3n) is 4.58. The Labute approximate surface area is 166 Å². The topological polar surface area (TPSA) is 65.6 Å². The van der Waals surface area contributed by atoms with Crippen molar-refractivity contribution in [2.24, 2.45) is 0 Å². The van der Waals surface area contributed by atoms with Crippen LogP contribution >= 0.6 is 23.2 Å². The van der Waals surface area contributed by atoms with E-state index in [0.717, 1.165) is 31.9 Å². The molecule has 1 aromatic heterocycles. The van der Waals surface area contributed by atoms with Crippen molar-refractivity contribution in [1.82, 2.24) is 15.1 Å². The summed E-state index contributed by atoms with van der Waals surface area (Å²) in [5.41, 5.74) is 1.54. The predicted molar refractivity (Wildman–Crippen MR) is 105 cm³/mol. The van der Waals surface area contributed by atoms with E-state index in [2.05, 4.69) is 20.0 Å². The molecule has 0 unspecified atom stereocenters. The number of phenolic OH excluding ortho intramolecular Hbond substituents is 1. The number of hydrogen-bond donors (Lipinski definition) is 1. The second-order valence-corrected chi connectivity index (χ2v) is 7.22. The summed E-state index contributed by atoms with van der Waals surface area (Å²) in [6.45, 7) is 3.90. The average molecular weight is 405 g/mol. The highest BCUT2D eigenvalue weighted by Crippen LogP contribution is 2.30. The molecular formula is C19H18Cl2N4O2. The maximum atomic E-state index is 10.0. The molecule has 1 fully saturated rings. The number of piperazine rings is 1. The van der Waals surface area contributed by atoms with Gasteiger partial charge in [0.05, 0.1) is 22.8 Å². The fraction of sp³-hybridized carbons (Fsp3) is 0.263. The van der Waals surface area contributed by atoms with Crippen LogP contribution < -0.4 is 4.90 Å². The summed E-state index contributed by atoms with van der Waals surface area (Å²) in [6.07, 6.45) is 0. The molecule has 140 valence electrons. The van der Waals surface area contributed by atoms with Crippen LogP contribution in [0.1, 0.15) is 5.89 Å². The Morgan fingerprint density at radius 2 is 1.78 bits per heavy atom. The fourth-order valence-electron chi connectivity index (χ4n) is 3.16. The molecule has 1 N–H and O–H groups in total. The van der Waals surface area contributed by atoms with Crippen molar-refractivity contribution >= 4 is 28.9 Å². The number of aromatic hydroxyl groups is 1. The lowest BCUT2D eigenvalue weighted by Crippen LogP contribution is -2.46. The molecule has 2 aromatic carbocycles. The van der Waals surface area contributed by atoms with Crippen molar-refractivity contribution < 1.29 is 9.52 Å². The van der Waals surface area contributed by atoms with E-state index in [-0.39, 0.29) is 0 Å². The van der Waals surface area contributed by atoms with Gasteiger partial charge in [-0.2, -0.15) is 0 Å². The lowest BCUT2D eigenvalue weighted by Gasteiger charge is -2.35. The van der Waals surface area contributed by atoms with Crippen LogP contribution in [0.4, 0.5) is 5.69 Å². The van der Waals surface area contributed by atoms with Crippen LogP contribution in [-0.4, -0.2) is 46.4 Å². The van der Waals surface area contributed by atoms with Crippen molar-refractivity contribution in [2.75, 3.05) is 31.1 Å². The largest absolute Gasteiger partial charge is 0.506 e. The van der Waals surface area contributed by atoms with Crippen molar-refractivity contribution in [3.63, 3.8) is 0 Å². The maximum Gasteiger partial charge on any atom is 0.249 e. The van der Waals surface area contributed by atoms with Gasteiger partial charge in [0.15, 0.2) is 0 Å². The number of para-hydroxylation sites is 2. The van der Waals surface area contributed by atoms with Crippen molar-refractivity contribution in [2.45, 2.75) is 6.54 Å². The minimum absolute atomic E-state index is 0.312. The van der Waals surface area contributed by atoms with Crippen LogP contribution in [0.2, 0.25) is 10.0 Å². The normalized spacial score (nSPS) is 15.3. The monoisotopic (exact) mass is 404 g/mol. The van der Waals surface area contributed by atoms with Gasteiger partial charge in [0.1, 0.15) is 5.75 Å². The van der Waals surface area contributed by atoms with Gasteiger partial charge in [-0.05, 0) is 30.3 Å². The van der Waals surface area contributed by atoms with Gasteiger partial charge in [0.25, 0.3) is 0 Å². The van der Waals surface area contributed by atoms with E-state index in [1.165, 1.54) is 0 Å². The molecule has 6 nitrogen and oxygen atoms in total. The Kier molecular flexibility index (Phi) is 5.20. The number of anilines is 1. The molecule has 0 bridgehead atoms. The lowest BCUT2D eigenvalue weighted by atomic mass is 10.2. The smallest absolute Gasteiger partial charge is 0.249 e. The van der Waals surface area contributed by atoms with Crippen molar-refractivity contribution in [3.05, 3.63) is 58.4 Å². The molecule has 0 atom stereocenters. The Bertz CT molecular complexity index is 939. The number of rotatable bonds is 4. The SMILES string of the molecule is Oc1ccccc1N1CCN(Cc2nnc(-c3ccc(Cl)cc3Cl)o2)CC1. The number of aromatic nitrogens is 2. The van der Waals surface area contributed by atoms with Crippen molar-refractivity contribution in [1.29, 1.82) is 0 Å². The zero-order valence-corrected chi connectivity index (χ0v) is 16.0. The Balaban J connectivity index is 1.39. The molecule has 8 heteroatoms. The molecule has 0 aliphatic carbocycles. The molecule has 0 saturated carbocycles. The van der Waals surface area contributed by atoms with Gasteiger partial charge in [-0.1, -0.05) is 35.3 Å². The summed E-state index contributed by atoms with van der Waals surface area (Å²) in [7, 11) is 0. The Morgan fingerprint density at radius 3 is 2.52 bits per heavy atom. The first-order valence-corrected chi connectivity index (χ1v) is 9.39. The predicted octanol–water partition coefficient (Wildman–Crippen LogP) is 4.07. The molecule has 1 aliphatic heterocycles. The van der Waals surface area contributed by atoms with E-state index in [9.17, 15) is 5.11 Å². The average Bonchev–Trinajstić information content (AvgIpc) is 3.11. The molecule has 3 aromatic rings. The highest BCUT2D eigenvalue weighted by molar-refractivity contribution is 6.36. The molecule has 0 amide bonds. The van der Waals surface area contributed by atoms with Gasteiger partial charge in [0.2, 0.25) is 11.8 Å². The molecule has 27 heavy (non-hydrogen) atoms. The van der Waals surface area contributed by atoms with E-state index in [1.807, 2.05) is 18.2 Å². The highest BCUT2D eigenvalue weighted by Gasteiger charge is 2.21. The second-order valence-electron chi connectivity index (χ2n) is 6.38. The van der Waals surface area contributed by atoms with E-state index < -0.39 is 0 Å². The maximum absolute atomic E-state index is 10.0. The third-order valence-corrected chi connectivity index (χ3v) is 5.13. The standard InChI is InChI=1S/C19H18Cl2N4O2/c20-13-5-6-14(15(21)11-13)19-23-22-18(27-19)12-24-7-9-25(10-8-24)16-3-1-2-4-17(16)26/h1-6,11,26H,7-10,12H2. The number of benzene rings is 2. The second kappa shape index (κ2) is 7.76. The van der Waals surface area contributed by atoms with Crippen LogP contribution in [0.15, 0.2) is 46.9 Å². The fourth-order valence-corrected chi connectivity index (χ4v) is 3.65. The summed E-state index contributed by atoms with van der Waals surface area (Å²) in [5.74, 6) is 1.25. The summed E-state index contributed by atoms with van der Waals surface area (Å²) in [5, 5.41) is 19.3. The Hall–Kier alpha value is -2.28. The van der Waals surface area contributed by atoms with E-state index in [0.29, 0.717) is 39.7 Å². The van der Waals surface area contributed by atoms with Crippen LogP contribution in [0.5, 0.6) is 5.75 Å². The molecular weight excluding hydrogens is 387 g/mol. The first-order chi connectivity index (χ1) is 13.1. The van der Waals surface area contributed by atoms with Crippen molar-refractivity contribution in [3.8, 4) is 17.2 Å². The lowest BCUT2D eigenvalue weighted by molar-refractivity contribution is 0.226. The molecule has 4 rings (SSSR count). The summed E-state index contributed by atoms with van der Waals surface area (Å²) in [6, 6.07) is 12.6. The van der Waals surface area contributed by atoms with Gasteiger partial charge in [0, 0.05) is 31.2 Å². The molecule has 0 spiro atoms.